The van der Waals surface area contributed by atoms with Crippen molar-refractivity contribution >= 4 is 16.9 Å². The molecule has 1 atom stereocenters. The summed E-state index contributed by atoms with van der Waals surface area (Å²) in [7, 11) is 0. The van der Waals surface area contributed by atoms with Crippen LogP contribution in [0.3, 0.4) is 0 Å². The van der Waals surface area contributed by atoms with E-state index in [2.05, 4.69) is 39.1 Å². The monoisotopic (exact) mass is 474 g/mol. The zero-order valence-electron chi connectivity index (χ0n) is 19.2. The molecule has 5 heterocycles. The Hall–Kier alpha value is -3.29. The Kier molecular flexibility index (Phi) is 5.31. The number of nitriles is 1. The van der Waals surface area contributed by atoms with E-state index in [1.165, 1.54) is 17.8 Å². The van der Waals surface area contributed by atoms with Crippen LogP contribution in [0.2, 0.25) is 0 Å². The molecule has 0 radical (unpaired) electrons. The topological polar surface area (TPSA) is 106 Å². The molecule has 0 amide bonds. The molecule has 9 nitrogen and oxygen atoms in total. The smallest absolute Gasteiger partial charge is 0.148 e. The molecule has 0 aromatic carbocycles. The highest BCUT2D eigenvalue weighted by molar-refractivity contribution is 7.09. The predicted octanol–water partition coefficient (Wildman–Crippen LogP) is 4.17. The Morgan fingerprint density at radius 2 is 2.09 bits per heavy atom. The minimum Gasteiger partial charge on any atom is -0.482 e. The van der Waals surface area contributed by atoms with Crippen molar-refractivity contribution in [3.63, 3.8) is 0 Å². The third kappa shape index (κ3) is 3.75. The van der Waals surface area contributed by atoms with Gasteiger partial charge in [-0.2, -0.15) is 10.4 Å². The average Bonchev–Trinajstić information content (AvgIpc) is 3.26. The first-order valence-electron chi connectivity index (χ1n) is 11.8. The van der Waals surface area contributed by atoms with Gasteiger partial charge in [-0.1, -0.05) is 5.21 Å². The van der Waals surface area contributed by atoms with E-state index in [9.17, 15) is 5.26 Å². The van der Waals surface area contributed by atoms with Crippen molar-refractivity contribution < 1.29 is 4.74 Å². The van der Waals surface area contributed by atoms with Crippen molar-refractivity contribution in [2.45, 2.75) is 57.6 Å². The number of hydrogen-bond donors (Lipinski definition) is 1. The third-order valence-electron chi connectivity index (χ3n) is 6.74. The fourth-order valence-electron chi connectivity index (χ4n) is 4.65. The van der Waals surface area contributed by atoms with Crippen LogP contribution in [0.1, 0.15) is 72.6 Å². The highest BCUT2D eigenvalue weighted by Crippen LogP contribution is 2.42. The molecule has 6 rings (SSSR count). The normalized spacial score (nSPS) is 17.7. The molecule has 1 saturated carbocycles. The minimum atomic E-state index is -0.254. The number of hydrogen-bond acceptors (Lipinski definition) is 8. The average molecular weight is 475 g/mol. The quantitative estimate of drug-likeness (QED) is 0.447. The number of aromatic nitrogens is 6. The van der Waals surface area contributed by atoms with Gasteiger partial charge in [0, 0.05) is 23.1 Å². The van der Waals surface area contributed by atoms with Gasteiger partial charge in [-0.3, -0.25) is 0 Å². The number of nitrogens with one attached hydrogen (secondary N) is 1. The Bertz CT molecular complexity index is 1390. The summed E-state index contributed by atoms with van der Waals surface area (Å²) >= 11 is 1.70. The molecule has 1 aliphatic carbocycles. The van der Waals surface area contributed by atoms with Crippen LogP contribution in [0, 0.1) is 18.3 Å². The summed E-state index contributed by atoms with van der Waals surface area (Å²) < 4.78 is 10.2. The van der Waals surface area contributed by atoms with Crippen LogP contribution in [0.25, 0.3) is 16.8 Å². The second kappa shape index (κ2) is 8.49. The van der Waals surface area contributed by atoms with Gasteiger partial charge in [0.2, 0.25) is 0 Å². The molecular formula is C24H26N8OS. The van der Waals surface area contributed by atoms with Gasteiger partial charge in [-0.15, -0.1) is 16.4 Å². The zero-order valence-corrected chi connectivity index (χ0v) is 20.0. The fourth-order valence-corrected chi connectivity index (χ4v) is 5.72. The Balaban J connectivity index is 1.37. The fraction of sp³-hybridized carbons (Fsp3) is 0.458. The van der Waals surface area contributed by atoms with Crippen molar-refractivity contribution in [1.82, 2.24) is 34.9 Å². The molecule has 4 aromatic heterocycles. The van der Waals surface area contributed by atoms with Crippen LogP contribution in [-0.4, -0.2) is 42.7 Å². The van der Waals surface area contributed by atoms with Crippen LogP contribution >= 0.6 is 11.3 Å². The molecule has 0 bridgehead atoms. The summed E-state index contributed by atoms with van der Waals surface area (Å²) in [6.45, 7) is 6.04. The maximum absolute atomic E-state index is 9.65. The summed E-state index contributed by atoms with van der Waals surface area (Å²) in [5.41, 5.74) is 4.72. The van der Waals surface area contributed by atoms with Gasteiger partial charge in [0.15, 0.2) is 0 Å². The van der Waals surface area contributed by atoms with Crippen LogP contribution in [-0.2, 0) is 0 Å². The second-order valence-corrected chi connectivity index (χ2v) is 10.0. The molecule has 34 heavy (non-hydrogen) atoms. The molecule has 1 unspecified atom stereocenters. The van der Waals surface area contributed by atoms with Crippen molar-refractivity contribution in [1.29, 1.82) is 5.26 Å². The first-order chi connectivity index (χ1) is 16.6. The van der Waals surface area contributed by atoms with Crippen molar-refractivity contribution in [3.8, 4) is 23.1 Å². The summed E-state index contributed by atoms with van der Waals surface area (Å²) in [6, 6.07) is 4.53. The molecule has 1 aliphatic heterocycles. The number of pyridine rings is 1. The maximum atomic E-state index is 9.65. The van der Waals surface area contributed by atoms with Crippen LogP contribution in [0.15, 0.2) is 23.8 Å². The first kappa shape index (κ1) is 21.3. The predicted molar refractivity (Wildman–Crippen MR) is 128 cm³/mol. The van der Waals surface area contributed by atoms with E-state index in [1.54, 1.807) is 22.0 Å². The molecule has 2 aliphatic rings. The highest BCUT2D eigenvalue weighted by Gasteiger charge is 2.28. The van der Waals surface area contributed by atoms with E-state index in [1.807, 2.05) is 23.9 Å². The first-order valence-corrected chi connectivity index (χ1v) is 12.7. The van der Waals surface area contributed by atoms with E-state index in [0.717, 1.165) is 48.6 Å². The molecule has 0 spiro atoms. The minimum absolute atomic E-state index is 0.254. The summed E-state index contributed by atoms with van der Waals surface area (Å²) in [5.74, 6) is 1.21. The molecule has 1 saturated heterocycles. The van der Waals surface area contributed by atoms with Gasteiger partial charge in [0.05, 0.1) is 28.6 Å². The van der Waals surface area contributed by atoms with Gasteiger partial charge < -0.3 is 10.1 Å². The molecule has 4 aromatic rings. The second-order valence-electron chi connectivity index (χ2n) is 9.15. The van der Waals surface area contributed by atoms with E-state index in [0.29, 0.717) is 28.8 Å². The zero-order chi connectivity index (χ0) is 23.2. The van der Waals surface area contributed by atoms with Crippen LogP contribution < -0.4 is 10.1 Å². The largest absolute Gasteiger partial charge is 0.482 e. The van der Waals surface area contributed by atoms with E-state index in [-0.39, 0.29) is 6.10 Å². The lowest BCUT2D eigenvalue weighted by Crippen LogP contribution is -2.30. The van der Waals surface area contributed by atoms with E-state index in [4.69, 9.17) is 9.72 Å². The van der Waals surface area contributed by atoms with Gasteiger partial charge in [0.1, 0.15) is 34.7 Å². The SMILES string of the molecule is Cc1c(-c2cc(OC(C)c3csc(C4CC4)n3)c3c(C#N)cnn3c2)nnn1C1CCNCC1. The number of ether oxygens (including phenoxy) is 1. The number of fused-ring (bicyclic) bond motifs is 1. The lowest BCUT2D eigenvalue weighted by atomic mass is 10.1. The molecule has 10 heteroatoms. The summed E-state index contributed by atoms with van der Waals surface area (Å²) in [6.07, 6.45) is 7.74. The van der Waals surface area contributed by atoms with Gasteiger partial charge in [-0.05, 0) is 58.7 Å². The molecule has 1 N–H and O–H groups in total. The highest BCUT2D eigenvalue weighted by atomic mass is 32.1. The number of piperidine rings is 1. The van der Waals surface area contributed by atoms with Gasteiger partial charge in [-0.25, -0.2) is 14.2 Å². The third-order valence-corrected chi connectivity index (χ3v) is 7.76. The number of rotatable bonds is 6. The van der Waals surface area contributed by atoms with Crippen LogP contribution in [0.5, 0.6) is 5.75 Å². The maximum Gasteiger partial charge on any atom is 0.148 e. The Morgan fingerprint density at radius 1 is 1.26 bits per heavy atom. The molecule has 2 fully saturated rings. The summed E-state index contributed by atoms with van der Waals surface area (Å²) in [5, 5.41) is 29.7. The Labute approximate surface area is 201 Å². The summed E-state index contributed by atoms with van der Waals surface area (Å²) in [4.78, 5) is 4.80. The van der Waals surface area contributed by atoms with Crippen molar-refractivity contribution in [2.75, 3.05) is 13.1 Å². The number of thiazole rings is 1. The van der Waals surface area contributed by atoms with Crippen molar-refractivity contribution in [3.05, 3.63) is 45.8 Å². The standard InChI is InChI=1S/C24H26N8OS/c1-14-22(29-30-32(14)19-5-7-26-8-6-19)17-9-21(23-18(10-25)11-27-31(23)12-17)33-15(2)20-13-34-24(28-20)16-3-4-16/h9,11-13,15-16,19,26H,3-8H2,1-2H3. The van der Waals surface area contributed by atoms with E-state index < -0.39 is 0 Å². The lowest BCUT2D eigenvalue weighted by molar-refractivity contribution is 0.224. The van der Waals surface area contributed by atoms with E-state index >= 15 is 0 Å². The molecule has 174 valence electrons. The van der Waals surface area contributed by atoms with Gasteiger partial charge >= 0.3 is 0 Å². The van der Waals surface area contributed by atoms with Gasteiger partial charge in [0.25, 0.3) is 0 Å². The number of nitrogens with zero attached hydrogens (tertiary/aromatic N) is 7. The molecular weight excluding hydrogens is 448 g/mol. The van der Waals surface area contributed by atoms with Crippen LogP contribution in [0.4, 0.5) is 0 Å². The lowest BCUT2D eigenvalue weighted by Gasteiger charge is -2.23. The van der Waals surface area contributed by atoms with Crippen molar-refractivity contribution in [2.24, 2.45) is 0 Å². The Morgan fingerprint density at radius 3 is 2.85 bits per heavy atom.